The molecule has 0 heterocycles. The van der Waals surface area contributed by atoms with Crippen LogP contribution in [0.1, 0.15) is 16.8 Å². The molecule has 0 aromatic heterocycles. The molecular formula is C13H15FN2O5. The third kappa shape index (κ3) is 5.09. The summed E-state index contributed by atoms with van der Waals surface area (Å²) in [6, 6.07) is 4.42. The van der Waals surface area contributed by atoms with Crippen LogP contribution in [-0.4, -0.2) is 42.9 Å². The Labute approximate surface area is 120 Å². The van der Waals surface area contributed by atoms with E-state index in [1.165, 1.54) is 31.4 Å². The molecule has 2 amide bonds. The SMILES string of the molecule is COC(=O)Nc1ccc(C(=O)N[C@H](CCF)C(=O)O)cc1. The molecule has 0 saturated heterocycles. The summed E-state index contributed by atoms with van der Waals surface area (Å²) in [6.45, 7) is -0.848. The van der Waals surface area contributed by atoms with Gasteiger partial charge in [-0.15, -0.1) is 0 Å². The fourth-order valence-corrected chi connectivity index (χ4v) is 1.48. The number of anilines is 1. The quantitative estimate of drug-likeness (QED) is 0.736. The Balaban J connectivity index is 2.70. The van der Waals surface area contributed by atoms with Crippen molar-refractivity contribution in [1.82, 2.24) is 5.32 Å². The van der Waals surface area contributed by atoms with E-state index in [9.17, 15) is 18.8 Å². The minimum Gasteiger partial charge on any atom is -0.480 e. The molecule has 3 N–H and O–H groups in total. The van der Waals surface area contributed by atoms with Crippen LogP contribution in [0.4, 0.5) is 14.9 Å². The number of carboxylic acid groups (broad SMARTS) is 1. The van der Waals surface area contributed by atoms with Gasteiger partial charge in [0.2, 0.25) is 0 Å². The van der Waals surface area contributed by atoms with Crippen molar-refractivity contribution in [3.8, 4) is 0 Å². The lowest BCUT2D eigenvalue weighted by molar-refractivity contribution is -0.139. The number of hydrogen-bond donors (Lipinski definition) is 3. The molecule has 0 unspecified atom stereocenters. The van der Waals surface area contributed by atoms with Crippen LogP contribution in [0.15, 0.2) is 24.3 Å². The van der Waals surface area contributed by atoms with E-state index in [-0.39, 0.29) is 12.0 Å². The number of carbonyl (C=O) groups excluding carboxylic acids is 2. The molecule has 0 saturated carbocycles. The monoisotopic (exact) mass is 298 g/mol. The van der Waals surface area contributed by atoms with Gasteiger partial charge < -0.3 is 15.2 Å². The van der Waals surface area contributed by atoms with Gasteiger partial charge in [0.1, 0.15) is 6.04 Å². The summed E-state index contributed by atoms with van der Waals surface area (Å²) >= 11 is 0. The Bertz CT molecular complexity index is 518. The Morgan fingerprint density at radius 1 is 1.29 bits per heavy atom. The Hall–Kier alpha value is -2.64. The Morgan fingerprint density at radius 2 is 1.90 bits per heavy atom. The van der Waals surface area contributed by atoms with Crippen LogP contribution >= 0.6 is 0 Å². The van der Waals surface area contributed by atoms with Crippen molar-refractivity contribution >= 4 is 23.7 Å². The molecule has 0 aliphatic carbocycles. The zero-order valence-electron chi connectivity index (χ0n) is 11.3. The van der Waals surface area contributed by atoms with Crippen molar-refractivity contribution in [3.63, 3.8) is 0 Å². The van der Waals surface area contributed by atoms with Crippen LogP contribution in [0.25, 0.3) is 0 Å². The smallest absolute Gasteiger partial charge is 0.411 e. The van der Waals surface area contributed by atoms with Gasteiger partial charge in [0.05, 0.1) is 13.8 Å². The molecule has 1 aromatic carbocycles. The van der Waals surface area contributed by atoms with E-state index in [1.807, 2.05) is 0 Å². The van der Waals surface area contributed by atoms with E-state index in [0.29, 0.717) is 5.69 Å². The second kappa shape index (κ2) is 7.83. The molecule has 0 fully saturated rings. The Kier molecular flexibility index (Phi) is 6.12. The summed E-state index contributed by atoms with van der Waals surface area (Å²) in [4.78, 5) is 33.6. The highest BCUT2D eigenvalue weighted by Crippen LogP contribution is 2.10. The topological polar surface area (TPSA) is 105 Å². The van der Waals surface area contributed by atoms with Gasteiger partial charge in [0.15, 0.2) is 0 Å². The highest BCUT2D eigenvalue weighted by molar-refractivity contribution is 5.97. The number of nitrogens with one attached hydrogen (secondary N) is 2. The molecule has 0 spiro atoms. The van der Waals surface area contributed by atoms with Crippen molar-refractivity contribution in [2.75, 3.05) is 19.1 Å². The zero-order chi connectivity index (χ0) is 15.8. The van der Waals surface area contributed by atoms with Crippen molar-refractivity contribution in [1.29, 1.82) is 0 Å². The number of benzene rings is 1. The normalized spacial score (nSPS) is 11.3. The van der Waals surface area contributed by atoms with E-state index in [2.05, 4.69) is 15.4 Å². The number of amides is 2. The highest BCUT2D eigenvalue weighted by atomic mass is 19.1. The van der Waals surface area contributed by atoms with E-state index >= 15 is 0 Å². The predicted octanol–water partition coefficient (Wildman–Crippen LogP) is 1.41. The molecule has 0 aliphatic rings. The first kappa shape index (κ1) is 16.4. The summed E-state index contributed by atoms with van der Waals surface area (Å²) in [5.41, 5.74) is 0.604. The number of ether oxygens (including phenoxy) is 1. The average molecular weight is 298 g/mol. The molecule has 0 radical (unpaired) electrons. The third-order valence-electron chi connectivity index (χ3n) is 2.58. The second-order valence-electron chi connectivity index (χ2n) is 4.04. The summed E-state index contributed by atoms with van der Waals surface area (Å²) in [5, 5.41) is 13.4. The summed E-state index contributed by atoms with van der Waals surface area (Å²) in [6.07, 6.45) is -0.954. The largest absolute Gasteiger partial charge is 0.480 e. The first-order valence-corrected chi connectivity index (χ1v) is 6.02. The number of carboxylic acids is 1. The highest BCUT2D eigenvalue weighted by Gasteiger charge is 2.20. The van der Waals surface area contributed by atoms with E-state index < -0.39 is 30.7 Å². The van der Waals surface area contributed by atoms with Gasteiger partial charge in [-0.25, -0.2) is 9.59 Å². The average Bonchev–Trinajstić information content (AvgIpc) is 2.47. The minimum absolute atomic E-state index is 0.190. The summed E-state index contributed by atoms with van der Waals surface area (Å²) in [7, 11) is 1.22. The molecule has 0 bridgehead atoms. The van der Waals surface area contributed by atoms with Gasteiger partial charge in [-0.2, -0.15) is 0 Å². The summed E-state index contributed by atoms with van der Waals surface area (Å²) < 4.78 is 16.6. The second-order valence-corrected chi connectivity index (χ2v) is 4.04. The maximum atomic E-state index is 12.2. The molecule has 8 heteroatoms. The molecule has 0 aliphatic heterocycles. The van der Waals surface area contributed by atoms with Gasteiger partial charge in [-0.05, 0) is 24.3 Å². The molecule has 21 heavy (non-hydrogen) atoms. The van der Waals surface area contributed by atoms with Gasteiger partial charge >= 0.3 is 12.1 Å². The first-order valence-electron chi connectivity index (χ1n) is 6.02. The molecule has 1 rings (SSSR count). The maximum absolute atomic E-state index is 12.2. The van der Waals surface area contributed by atoms with Gasteiger partial charge in [0.25, 0.3) is 5.91 Å². The van der Waals surface area contributed by atoms with Crippen molar-refractivity contribution in [3.05, 3.63) is 29.8 Å². The Morgan fingerprint density at radius 3 is 2.38 bits per heavy atom. The third-order valence-corrected chi connectivity index (χ3v) is 2.58. The maximum Gasteiger partial charge on any atom is 0.411 e. The molecule has 1 aromatic rings. The fourth-order valence-electron chi connectivity index (χ4n) is 1.48. The number of rotatable bonds is 6. The van der Waals surface area contributed by atoms with Crippen molar-refractivity contribution in [2.45, 2.75) is 12.5 Å². The molecule has 1 atom stereocenters. The van der Waals surface area contributed by atoms with E-state index in [4.69, 9.17) is 5.11 Å². The van der Waals surface area contributed by atoms with Gasteiger partial charge in [-0.3, -0.25) is 14.5 Å². The minimum atomic E-state index is -1.30. The molecule has 7 nitrogen and oxygen atoms in total. The van der Waals surface area contributed by atoms with Crippen molar-refractivity contribution in [2.24, 2.45) is 0 Å². The standard InChI is InChI=1S/C13H15FN2O5/c1-21-13(20)15-9-4-2-8(3-5-9)11(17)16-10(6-7-14)12(18)19/h2-5,10H,6-7H2,1H3,(H,15,20)(H,16,17)(H,18,19)/t10-/m1/s1. The number of carbonyl (C=O) groups is 3. The summed E-state index contributed by atoms with van der Waals surface area (Å²) in [5.74, 6) is -1.94. The van der Waals surface area contributed by atoms with E-state index in [1.54, 1.807) is 0 Å². The fraction of sp³-hybridized carbons (Fsp3) is 0.308. The number of alkyl halides is 1. The van der Waals surface area contributed by atoms with Crippen LogP contribution in [0.2, 0.25) is 0 Å². The molecule has 114 valence electrons. The predicted molar refractivity (Wildman–Crippen MR) is 72.0 cm³/mol. The lowest BCUT2D eigenvalue weighted by Crippen LogP contribution is -2.41. The number of methoxy groups -OCH3 is 1. The number of hydrogen-bond acceptors (Lipinski definition) is 4. The lowest BCUT2D eigenvalue weighted by Gasteiger charge is -2.13. The number of aliphatic carboxylic acids is 1. The first-order chi connectivity index (χ1) is 9.97. The zero-order valence-corrected chi connectivity index (χ0v) is 11.3. The van der Waals surface area contributed by atoms with Crippen LogP contribution in [0.5, 0.6) is 0 Å². The molecular weight excluding hydrogens is 283 g/mol. The van der Waals surface area contributed by atoms with Crippen LogP contribution < -0.4 is 10.6 Å². The lowest BCUT2D eigenvalue weighted by atomic mass is 10.1. The van der Waals surface area contributed by atoms with Crippen molar-refractivity contribution < 1.29 is 28.6 Å². The van der Waals surface area contributed by atoms with Crippen LogP contribution in [0, 0.1) is 0 Å². The van der Waals surface area contributed by atoms with Gasteiger partial charge in [-0.1, -0.05) is 0 Å². The van der Waals surface area contributed by atoms with E-state index in [0.717, 1.165) is 0 Å². The van der Waals surface area contributed by atoms with Crippen LogP contribution in [0.3, 0.4) is 0 Å². The van der Waals surface area contributed by atoms with Crippen LogP contribution in [-0.2, 0) is 9.53 Å². The number of halogens is 1. The van der Waals surface area contributed by atoms with Gasteiger partial charge in [0, 0.05) is 17.7 Å².